The van der Waals surface area contributed by atoms with Crippen LogP contribution in [0.3, 0.4) is 0 Å². The van der Waals surface area contributed by atoms with E-state index in [2.05, 4.69) is 23.6 Å². The van der Waals surface area contributed by atoms with Gasteiger partial charge in [-0.25, -0.2) is 0 Å². The third-order valence-electron chi connectivity index (χ3n) is 4.33. The van der Waals surface area contributed by atoms with Gasteiger partial charge in [0.25, 0.3) is 0 Å². The maximum Gasteiger partial charge on any atom is 0.134 e. The molecular formula is C16H26ClN3O. The van der Waals surface area contributed by atoms with Crippen LogP contribution in [-0.4, -0.2) is 53.7 Å². The minimum absolute atomic E-state index is 0.123. The largest absolute Gasteiger partial charge is 0.506 e. The third-order valence-corrected chi connectivity index (χ3v) is 4.63. The van der Waals surface area contributed by atoms with Gasteiger partial charge in [0.2, 0.25) is 0 Å². The Hall–Kier alpha value is -0.810. The lowest BCUT2D eigenvalue weighted by atomic mass is 10.0. The highest BCUT2D eigenvalue weighted by Crippen LogP contribution is 2.29. The molecule has 1 aromatic rings. The van der Waals surface area contributed by atoms with Crippen LogP contribution in [0.5, 0.6) is 5.75 Å². The molecule has 1 heterocycles. The Morgan fingerprint density at radius 1 is 1.43 bits per heavy atom. The van der Waals surface area contributed by atoms with Gasteiger partial charge in [-0.2, -0.15) is 0 Å². The molecule has 0 aromatic heterocycles. The Morgan fingerprint density at radius 3 is 2.76 bits per heavy atom. The molecule has 0 bridgehead atoms. The molecule has 2 rings (SSSR count). The first-order chi connectivity index (χ1) is 10.1. The zero-order valence-electron chi connectivity index (χ0n) is 12.9. The lowest BCUT2D eigenvalue weighted by Crippen LogP contribution is -2.53. The number of benzene rings is 1. The van der Waals surface area contributed by atoms with Crippen molar-refractivity contribution in [1.29, 1.82) is 0 Å². The zero-order chi connectivity index (χ0) is 15.4. The summed E-state index contributed by atoms with van der Waals surface area (Å²) in [6.45, 7) is 9.33. The molecule has 21 heavy (non-hydrogen) atoms. The molecule has 4 nitrogen and oxygen atoms in total. The van der Waals surface area contributed by atoms with Crippen LogP contribution in [0.25, 0.3) is 0 Å². The first-order valence-corrected chi connectivity index (χ1v) is 8.11. The Kier molecular flexibility index (Phi) is 5.88. The fourth-order valence-corrected chi connectivity index (χ4v) is 3.34. The lowest BCUT2D eigenvalue weighted by molar-refractivity contribution is 0.0572. The Morgan fingerprint density at radius 2 is 2.19 bits per heavy atom. The molecule has 1 aliphatic heterocycles. The van der Waals surface area contributed by atoms with Gasteiger partial charge < -0.3 is 10.8 Å². The van der Waals surface area contributed by atoms with Crippen molar-refractivity contribution < 1.29 is 5.11 Å². The summed E-state index contributed by atoms with van der Waals surface area (Å²) >= 11 is 6.03. The number of phenolic OH excluding ortho intramolecular Hbond substituents is 1. The molecule has 0 aliphatic carbocycles. The van der Waals surface area contributed by atoms with Crippen molar-refractivity contribution in [3.63, 3.8) is 0 Å². The predicted molar refractivity (Wildman–Crippen MR) is 87.8 cm³/mol. The van der Waals surface area contributed by atoms with E-state index in [4.69, 9.17) is 17.3 Å². The molecule has 5 heteroatoms. The second kappa shape index (κ2) is 7.45. The second-order valence-electron chi connectivity index (χ2n) is 5.84. The number of nitrogens with zero attached hydrogens (tertiary/aromatic N) is 2. The van der Waals surface area contributed by atoms with E-state index >= 15 is 0 Å². The van der Waals surface area contributed by atoms with Crippen molar-refractivity contribution in [2.75, 3.05) is 32.7 Å². The number of rotatable bonds is 5. The standard InChI is InChI=1S/C16H26ClN3O/c1-3-6-19-7-8-20(11-12(19)2)15(10-18)13-4-5-16(21)14(17)9-13/h4-5,9,12,15,21H,3,6-8,10-11,18H2,1-2H3. The highest BCUT2D eigenvalue weighted by Gasteiger charge is 2.28. The van der Waals surface area contributed by atoms with Gasteiger partial charge in [-0.05, 0) is 37.6 Å². The van der Waals surface area contributed by atoms with Gasteiger partial charge in [0.15, 0.2) is 0 Å². The number of hydrogen-bond donors (Lipinski definition) is 2. The minimum Gasteiger partial charge on any atom is -0.506 e. The molecule has 0 radical (unpaired) electrons. The normalized spacial score (nSPS) is 22.4. The monoisotopic (exact) mass is 311 g/mol. The Balaban J connectivity index is 2.09. The number of halogens is 1. The molecule has 1 aromatic carbocycles. The number of aromatic hydroxyl groups is 1. The molecule has 3 N–H and O–H groups in total. The van der Waals surface area contributed by atoms with Gasteiger partial charge in [0.05, 0.1) is 5.02 Å². The minimum atomic E-state index is 0.123. The molecule has 1 saturated heterocycles. The molecule has 1 fully saturated rings. The van der Waals surface area contributed by atoms with Crippen molar-refractivity contribution in [3.05, 3.63) is 28.8 Å². The summed E-state index contributed by atoms with van der Waals surface area (Å²) in [6.07, 6.45) is 1.19. The van der Waals surface area contributed by atoms with Crippen LogP contribution in [0, 0.1) is 0 Å². The van der Waals surface area contributed by atoms with E-state index in [-0.39, 0.29) is 11.8 Å². The van der Waals surface area contributed by atoms with Crippen molar-refractivity contribution in [3.8, 4) is 5.75 Å². The highest BCUT2D eigenvalue weighted by molar-refractivity contribution is 6.32. The predicted octanol–water partition coefficient (Wildman–Crippen LogP) is 2.46. The second-order valence-corrected chi connectivity index (χ2v) is 6.25. The maximum atomic E-state index is 9.56. The first-order valence-electron chi connectivity index (χ1n) is 7.73. The summed E-state index contributed by atoms with van der Waals surface area (Å²) in [5, 5.41) is 9.95. The van der Waals surface area contributed by atoms with E-state index in [0.717, 1.165) is 31.7 Å². The van der Waals surface area contributed by atoms with Crippen LogP contribution in [0.2, 0.25) is 5.02 Å². The van der Waals surface area contributed by atoms with Crippen LogP contribution in [-0.2, 0) is 0 Å². The highest BCUT2D eigenvalue weighted by atomic mass is 35.5. The van der Waals surface area contributed by atoms with Crippen molar-refractivity contribution in [2.45, 2.75) is 32.4 Å². The van der Waals surface area contributed by atoms with Gasteiger partial charge in [0, 0.05) is 38.3 Å². The van der Waals surface area contributed by atoms with Crippen LogP contribution < -0.4 is 5.73 Å². The van der Waals surface area contributed by atoms with Gasteiger partial charge in [-0.15, -0.1) is 0 Å². The van der Waals surface area contributed by atoms with Crippen LogP contribution in [0.15, 0.2) is 18.2 Å². The van der Waals surface area contributed by atoms with Crippen molar-refractivity contribution in [2.24, 2.45) is 5.73 Å². The smallest absolute Gasteiger partial charge is 0.134 e. The molecule has 0 saturated carbocycles. The van der Waals surface area contributed by atoms with Gasteiger partial charge >= 0.3 is 0 Å². The van der Waals surface area contributed by atoms with Crippen LogP contribution >= 0.6 is 11.6 Å². The maximum absolute atomic E-state index is 9.56. The fraction of sp³-hybridized carbons (Fsp3) is 0.625. The van der Waals surface area contributed by atoms with E-state index in [9.17, 15) is 5.11 Å². The summed E-state index contributed by atoms with van der Waals surface area (Å²) in [5.74, 6) is 0.123. The summed E-state index contributed by atoms with van der Waals surface area (Å²) < 4.78 is 0. The van der Waals surface area contributed by atoms with Crippen LogP contribution in [0.1, 0.15) is 31.9 Å². The molecule has 2 unspecified atom stereocenters. The fourth-order valence-electron chi connectivity index (χ4n) is 3.15. The molecular weight excluding hydrogens is 286 g/mol. The van der Waals surface area contributed by atoms with Crippen molar-refractivity contribution in [1.82, 2.24) is 9.80 Å². The number of hydrogen-bond acceptors (Lipinski definition) is 4. The van der Waals surface area contributed by atoms with E-state index in [1.165, 1.54) is 6.42 Å². The average molecular weight is 312 g/mol. The topological polar surface area (TPSA) is 52.7 Å². The first kappa shape index (κ1) is 16.6. The van der Waals surface area contributed by atoms with Crippen molar-refractivity contribution >= 4 is 11.6 Å². The number of piperazine rings is 1. The van der Waals surface area contributed by atoms with E-state index in [0.29, 0.717) is 17.6 Å². The van der Waals surface area contributed by atoms with E-state index < -0.39 is 0 Å². The quantitative estimate of drug-likeness (QED) is 0.877. The SMILES string of the molecule is CCCN1CCN(C(CN)c2ccc(O)c(Cl)c2)CC1C. The molecule has 0 amide bonds. The summed E-state index contributed by atoms with van der Waals surface area (Å²) in [4.78, 5) is 4.97. The molecule has 1 aliphatic rings. The third kappa shape index (κ3) is 3.89. The molecule has 2 atom stereocenters. The molecule has 0 spiro atoms. The summed E-state index contributed by atoms with van der Waals surface area (Å²) in [5.41, 5.74) is 7.08. The van der Waals surface area contributed by atoms with E-state index in [1.807, 2.05) is 12.1 Å². The van der Waals surface area contributed by atoms with Gasteiger partial charge in [-0.1, -0.05) is 24.6 Å². The Bertz CT molecular complexity index is 469. The van der Waals surface area contributed by atoms with Gasteiger partial charge in [0.1, 0.15) is 5.75 Å². The average Bonchev–Trinajstić information content (AvgIpc) is 2.46. The van der Waals surface area contributed by atoms with Gasteiger partial charge in [-0.3, -0.25) is 9.80 Å². The number of nitrogens with two attached hydrogens (primary N) is 1. The van der Waals surface area contributed by atoms with Crippen LogP contribution in [0.4, 0.5) is 0 Å². The number of phenols is 1. The lowest BCUT2D eigenvalue weighted by Gasteiger charge is -2.43. The summed E-state index contributed by atoms with van der Waals surface area (Å²) in [7, 11) is 0. The summed E-state index contributed by atoms with van der Waals surface area (Å²) in [6, 6.07) is 6.10. The Labute approximate surface area is 132 Å². The van der Waals surface area contributed by atoms with E-state index in [1.54, 1.807) is 6.07 Å². The zero-order valence-corrected chi connectivity index (χ0v) is 13.7. The molecule has 118 valence electrons.